The van der Waals surface area contributed by atoms with Crippen molar-refractivity contribution in [1.29, 1.82) is 0 Å². The predicted molar refractivity (Wildman–Crippen MR) is 114 cm³/mol. The van der Waals surface area contributed by atoms with Crippen LogP contribution in [0.4, 0.5) is 8.78 Å². The minimum Gasteiger partial charge on any atom is -0.390 e. The van der Waals surface area contributed by atoms with E-state index in [4.69, 9.17) is 0 Å². The van der Waals surface area contributed by atoms with Crippen LogP contribution in [0.25, 0.3) is 21.8 Å². The summed E-state index contributed by atoms with van der Waals surface area (Å²) in [5, 5.41) is 12.0. The maximum atomic E-state index is 13.8. The number of aliphatic hydroxyl groups excluding tert-OH is 1. The number of hydrogen-bond donors (Lipinski definition) is 1. The van der Waals surface area contributed by atoms with Crippen LogP contribution in [0.15, 0.2) is 36.4 Å². The van der Waals surface area contributed by atoms with E-state index in [9.17, 15) is 22.3 Å². The Morgan fingerprint density at radius 3 is 2.13 bits per heavy atom. The molecule has 0 amide bonds. The Bertz CT molecular complexity index is 1130. The molecular formula is C22H26F2N2O3S. The molecule has 0 radical (unpaired) electrons. The van der Waals surface area contributed by atoms with Gasteiger partial charge in [-0.25, -0.2) is 17.2 Å². The van der Waals surface area contributed by atoms with E-state index in [-0.39, 0.29) is 25.0 Å². The van der Waals surface area contributed by atoms with E-state index < -0.39 is 27.8 Å². The van der Waals surface area contributed by atoms with Crippen LogP contribution in [0.2, 0.25) is 0 Å². The van der Waals surface area contributed by atoms with Gasteiger partial charge >= 0.3 is 0 Å². The zero-order valence-corrected chi connectivity index (χ0v) is 17.9. The predicted octanol–water partition coefficient (Wildman–Crippen LogP) is 3.88. The molecule has 3 atom stereocenters. The molecule has 1 saturated carbocycles. The second-order valence-electron chi connectivity index (χ2n) is 8.40. The van der Waals surface area contributed by atoms with Crippen LogP contribution in [-0.2, 0) is 16.6 Å². The largest absolute Gasteiger partial charge is 0.390 e. The summed E-state index contributed by atoms with van der Waals surface area (Å²) in [6.07, 6.45) is 2.93. The lowest BCUT2D eigenvalue weighted by Crippen LogP contribution is -2.46. The summed E-state index contributed by atoms with van der Waals surface area (Å²) < 4.78 is 55.7. The molecule has 1 N–H and O–H groups in total. The fraction of sp³-hybridized carbons (Fsp3) is 0.455. The summed E-state index contributed by atoms with van der Waals surface area (Å²) in [4.78, 5) is 0. The molecule has 0 spiro atoms. The van der Waals surface area contributed by atoms with Crippen molar-refractivity contribution in [2.75, 3.05) is 12.8 Å². The van der Waals surface area contributed by atoms with Gasteiger partial charge in [0.25, 0.3) is 0 Å². The molecule has 2 aromatic carbocycles. The van der Waals surface area contributed by atoms with E-state index >= 15 is 0 Å². The second-order valence-corrected chi connectivity index (χ2v) is 10.3. The molecule has 5 nitrogen and oxygen atoms in total. The number of hydrogen-bond acceptors (Lipinski definition) is 3. The molecule has 30 heavy (non-hydrogen) atoms. The van der Waals surface area contributed by atoms with Crippen LogP contribution in [0.5, 0.6) is 0 Å². The fourth-order valence-electron chi connectivity index (χ4n) is 4.79. The minimum atomic E-state index is -3.49. The van der Waals surface area contributed by atoms with Crippen molar-refractivity contribution in [1.82, 2.24) is 8.87 Å². The van der Waals surface area contributed by atoms with Gasteiger partial charge in [0.1, 0.15) is 11.6 Å². The number of rotatable bonds is 6. The van der Waals surface area contributed by atoms with E-state index in [1.807, 2.05) is 6.92 Å². The lowest BCUT2D eigenvalue weighted by molar-refractivity contribution is 0.112. The number of sulfonamides is 1. The summed E-state index contributed by atoms with van der Waals surface area (Å²) in [6, 6.07) is 8.43. The number of benzene rings is 2. The zero-order valence-electron chi connectivity index (χ0n) is 17.1. The third-order valence-corrected chi connectivity index (χ3v) is 7.46. The van der Waals surface area contributed by atoms with Crippen LogP contribution in [0.3, 0.4) is 0 Å². The van der Waals surface area contributed by atoms with Gasteiger partial charge in [0.05, 0.1) is 18.9 Å². The molecule has 4 rings (SSSR count). The summed E-state index contributed by atoms with van der Waals surface area (Å²) in [6.45, 7) is 2.14. The molecule has 1 aromatic heterocycles. The lowest BCUT2D eigenvalue weighted by Gasteiger charge is -2.31. The van der Waals surface area contributed by atoms with Crippen molar-refractivity contribution < 1.29 is 22.3 Å². The molecular weight excluding hydrogens is 410 g/mol. The number of nitrogens with zero attached hydrogens (tertiary/aromatic N) is 2. The second kappa shape index (κ2) is 7.90. The summed E-state index contributed by atoms with van der Waals surface area (Å²) in [5.41, 5.74) is 1.33. The highest BCUT2D eigenvalue weighted by atomic mass is 32.2. The van der Waals surface area contributed by atoms with Crippen LogP contribution >= 0.6 is 0 Å². The average molecular weight is 437 g/mol. The minimum absolute atomic E-state index is 0.0165. The first-order valence-electron chi connectivity index (χ1n) is 10.2. The number of fused-ring (bicyclic) bond motifs is 3. The molecule has 1 aliphatic rings. The Morgan fingerprint density at radius 1 is 1.10 bits per heavy atom. The highest BCUT2D eigenvalue weighted by Gasteiger charge is 2.35. The van der Waals surface area contributed by atoms with Crippen LogP contribution in [-0.4, -0.2) is 47.3 Å². The molecule has 0 saturated heterocycles. The monoisotopic (exact) mass is 436 g/mol. The van der Waals surface area contributed by atoms with Gasteiger partial charge in [-0.05, 0) is 55.2 Å². The van der Waals surface area contributed by atoms with Gasteiger partial charge in [-0.3, -0.25) is 0 Å². The number of halogens is 2. The van der Waals surface area contributed by atoms with Gasteiger partial charge in [-0.2, -0.15) is 4.31 Å². The van der Waals surface area contributed by atoms with Gasteiger partial charge in [0.2, 0.25) is 10.0 Å². The Balaban J connectivity index is 1.69. The van der Waals surface area contributed by atoms with Crippen molar-refractivity contribution in [3.05, 3.63) is 48.0 Å². The molecule has 0 bridgehead atoms. The summed E-state index contributed by atoms with van der Waals surface area (Å²) in [7, 11) is -3.49. The fourth-order valence-corrected chi connectivity index (χ4v) is 6.04. The van der Waals surface area contributed by atoms with E-state index in [1.54, 1.807) is 16.7 Å². The Morgan fingerprint density at radius 2 is 1.67 bits per heavy atom. The van der Waals surface area contributed by atoms with Crippen molar-refractivity contribution in [3.8, 4) is 0 Å². The highest BCUT2D eigenvalue weighted by Crippen LogP contribution is 2.33. The molecule has 3 aromatic rings. The third kappa shape index (κ3) is 3.96. The molecule has 1 heterocycles. The standard InChI is InChI=1S/C22H26F2N2O3S/c1-14-4-3-5-20(14)26(30(2,28)29)13-17(27)12-25-21-8-6-15(23)10-18(21)19-11-16(24)7-9-22(19)25/h6-11,14,17,20,27H,3-5,12-13H2,1-2H3. The highest BCUT2D eigenvalue weighted by molar-refractivity contribution is 7.88. The van der Waals surface area contributed by atoms with Crippen molar-refractivity contribution >= 4 is 31.8 Å². The first-order chi connectivity index (χ1) is 14.1. The summed E-state index contributed by atoms with van der Waals surface area (Å²) >= 11 is 0. The zero-order chi connectivity index (χ0) is 21.6. The van der Waals surface area contributed by atoms with Gasteiger partial charge < -0.3 is 9.67 Å². The van der Waals surface area contributed by atoms with Crippen LogP contribution in [0.1, 0.15) is 26.2 Å². The number of aromatic nitrogens is 1. The first kappa shape index (κ1) is 21.2. The van der Waals surface area contributed by atoms with E-state index in [1.165, 1.54) is 34.8 Å². The molecule has 1 fully saturated rings. The first-order valence-corrected chi connectivity index (χ1v) is 12.0. The van der Waals surface area contributed by atoms with Gasteiger partial charge in [0.15, 0.2) is 0 Å². The van der Waals surface area contributed by atoms with E-state index in [2.05, 4.69) is 0 Å². The normalized spacial score (nSPS) is 21.1. The molecule has 3 unspecified atom stereocenters. The van der Waals surface area contributed by atoms with Crippen molar-refractivity contribution in [2.45, 2.75) is 44.9 Å². The maximum absolute atomic E-state index is 13.8. The van der Waals surface area contributed by atoms with E-state index in [0.29, 0.717) is 21.8 Å². The van der Waals surface area contributed by atoms with Crippen molar-refractivity contribution in [2.24, 2.45) is 5.92 Å². The Kier molecular flexibility index (Phi) is 5.59. The molecule has 162 valence electrons. The Hall–Kier alpha value is -2.03. The van der Waals surface area contributed by atoms with E-state index in [0.717, 1.165) is 19.3 Å². The Labute approximate surface area is 175 Å². The molecule has 0 aliphatic heterocycles. The van der Waals surface area contributed by atoms with Gasteiger partial charge in [-0.15, -0.1) is 0 Å². The summed E-state index contributed by atoms with van der Waals surface area (Å²) in [5.74, 6) is -0.610. The van der Waals surface area contributed by atoms with Crippen LogP contribution < -0.4 is 0 Å². The molecule has 1 aliphatic carbocycles. The molecule has 8 heteroatoms. The average Bonchev–Trinajstić information content (AvgIpc) is 3.20. The number of aliphatic hydroxyl groups is 1. The maximum Gasteiger partial charge on any atom is 0.211 e. The van der Waals surface area contributed by atoms with Crippen molar-refractivity contribution in [3.63, 3.8) is 0 Å². The smallest absolute Gasteiger partial charge is 0.211 e. The third-order valence-electron chi connectivity index (χ3n) is 6.19. The van der Waals surface area contributed by atoms with Crippen LogP contribution in [0, 0.1) is 17.6 Å². The lowest BCUT2D eigenvalue weighted by atomic mass is 10.1. The quantitative estimate of drug-likeness (QED) is 0.638. The topological polar surface area (TPSA) is 62.5 Å². The SMILES string of the molecule is CC1CCCC1N(CC(O)Cn1c2ccc(F)cc2c2cc(F)ccc21)S(C)(=O)=O. The van der Waals surface area contributed by atoms with Gasteiger partial charge in [-0.1, -0.05) is 13.3 Å². The van der Waals surface area contributed by atoms with Gasteiger partial charge in [0, 0.05) is 34.4 Å².